The molecule has 1 N–H and O–H groups in total. The molecule has 1 heterocycles. The van der Waals surface area contributed by atoms with E-state index < -0.39 is 0 Å². The summed E-state index contributed by atoms with van der Waals surface area (Å²) in [6, 6.07) is 0.692. The maximum Gasteiger partial charge on any atom is 0.0992 e. The Bertz CT molecular complexity index is 153. The fourth-order valence-corrected chi connectivity index (χ4v) is 2.12. The van der Waals surface area contributed by atoms with Crippen LogP contribution in [0.1, 0.15) is 39.5 Å². The van der Waals surface area contributed by atoms with E-state index in [1.807, 2.05) is 0 Å². The molecule has 1 saturated heterocycles. The van der Waals surface area contributed by atoms with Crippen LogP contribution < -0.4 is 5.32 Å². The minimum Gasteiger partial charge on any atom is -0.366 e. The van der Waals surface area contributed by atoms with Crippen LogP contribution in [0.5, 0.6) is 0 Å². The number of ether oxygens (including phenoxy) is 1. The first-order chi connectivity index (χ1) is 7.38. The van der Waals surface area contributed by atoms with Gasteiger partial charge in [-0.05, 0) is 32.7 Å². The Hall–Kier alpha value is -0.120. The van der Waals surface area contributed by atoms with Gasteiger partial charge in [-0.2, -0.15) is 0 Å². The van der Waals surface area contributed by atoms with Crippen LogP contribution in [0, 0.1) is 0 Å². The van der Waals surface area contributed by atoms with Gasteiger partial charge in [0.05, 0.1) is 6.73 Å². The molecule has 0 aromatic rings. The molecule has 0 aromatic heterocycles. The molecule has 0 aromatic carbocycles. The molecule has 1 aliphatic rings. The van der Waals surface area contributed by atoms with Gasteiger partial charge in [-0.1, -0.05) is 13.3 Å². The van der Waals surface area contributed by atoms with Gasteiger partial charge in [0, 0.05) is 25.7 Å². The summed E-state index contributed by atoms with van der Waals surface area (Å²) in [5.41, 5.74) is 0. The lowest BCUT2D eigenvalue weighted by Gasteiger charge is -2.35. The lowest BCUT2D eigenvalue weighted by molar-refractivity contribution is -0.00416. The zero-order valence-electron chi connectivity index (χ0n) is 10.3. The molecule has 3 heteroatoms. The Morgan fingerprint density at radius 3 is 2.93 bits per heavy atom. The highest BCUT2D eigenvalue weighted by atomic mass is 16.5. The van der Waals surface area contributed by atoms with Crippen molar-refractivity contribution in [3.8, 4) is 0 Å². The summed E-state index contributed by atoms with van der Waals surface area (Å²) in [4.78, 5) is 2.48. The molecule has 0 saturated carbocycles. The van der Waals surface area contributed by atoms with Gasteiger partial charge in [-0.25, -0.2) is 0 Å². The molecule has 0 radical (unpaired) electrons. The summed E-state index contributed by atoms with van der Waals surface area (Å²) < 4.78 is 5.51. The van der Waals surface area contributed by atoms with Crippen molar-refractivity contribution in [3.63, 3.8) is 0 Å². The second-order valence-electron chi connectivity index (χ2n) is 4.29. The summed E-state index contributed by atoms with van der Waals surface area (Å²) in [5, 5.41) is 3.51. The fraction of sp³-hybridized carbons (Fsp3) is 1.00. The molecule has 0 amide bonds. The Kier molecular flexibility index (Phi) is 6.98. The van der Waals surface area contributed by atoms with Crippen LogP contribution in [0.4, 0.5) is 0 Å². The van der Waals surface area contributed by atoms with Crippen LogP contribution in [-0.2, 0) is 4.74 Å². The highest BCUT2D eigenvalue weighted by molar-refractivity contribution is 4.77. The van der Waals surface area contributed by atoms with E-state index in [0.717, 1.165) is 26.4 Å². The van der Waals surface area contributed by atoms with Crippen molar-refractivity contribution in [3.05, 3.63) is 0 Å². The molecule has 0 aliphatic carbocycles. The van der Waals surface area contributed by atoms with Gasteiger partial charge in [-0.15, -0.1) is 0 Å². The number of nitrogens with zero attached hydrogens (tertiary/aromatic N) is 1. The average Bonchev–Trinajstić information content (AvgIpc) is 2.28. The highest BCUT2D eigenvalue weighted by Gasteiger charge is 2.21. The molecule has 0 spiro atoms. The molecule has 1 unspecified atom stereocenters. The van der Waals surface area contributed by atoms with Gasteiger partial charge in [-0.3, -0.25) is 4.90 Å². The SMILES string of the molecule is CCCNCC1CCCCN1COCC. The third-order valence-corrected chi connectivity index (χ3v) is 3.02. The molecule has 15 heavy (non-hydrogen) atoms. The second-order valence-corrected chi connectivity index (χ2v) is 4.29. The van der Waals surface area contributed by atoms with Crippen LogP contribution >= 0.6 is 0 Å². The van der Waals surface area contributed by atoms with Gasteiger partial charge in [0.1, 0.15) is 0 Å². The largest absolute Gasteiger partial charge is 0.366 e. The maximum atomic E-state index is 5.51. The Morgan fingerprint density at radius 1 is 1.33 bits per heavy atom. The van der Waals surface area contributed by atoms with Crippen LogP contribution in [0.25, 0.3) is 0 Å². The van der Waals surface area contributed by atoms with E-state index in [-0.39, 0.29) is 0 Å². The number of nitrogens with one attached hydrogen (secondary N) is 1. The summed E-state index contributed by atoms with van der Waals surface area (Å²) in [5.74, 6) is 0. The zero-order chi connectivity index (χ0) is 10.9. The zero-order valence-corrected chi connectivity index (χ0v) is 10.3. The Labute approximate surface area is 94.2 Å². The molecule has 1 fully saturated rings. The van der Waals surface area contributed by atoms with Crippen molar-refractivity contribution in [2.45, 2.75) is 45.6 Å². The monoisotopic (exact) mass is 214 g/mol. The number of likely N-dealkylation sites (tertiary alicyclic amines) is 1. The maximum absolute atomic E-state index is 5.51. The van der Waals surface area contributed by atoms with Gasteiger partial charge < -0.3 is 10.1 Å². The number of hydrogen-bond donors (Lipinski definition) is 1. The van der Waals surface area contributed by atoms with Crippen LogP contribution in [0.2, 0.25) is 0 Å². The highest BCUT2D eigenvalue weighted by Crippen LogP contribution is 2.16. The third-order valence-electron chi connectivity index (χ3n) is 3.02. The van der Waals surface area contributed by atoms with Gasteiger partial charge in [0.2, 0.25) is 0 Å². The Morgan fingerprint density at radius 2 is 2.20 bits per heavy atom. The summed E-state index contributed by atoms with van der Waals surface area (Å²) in [6.45, 7) is 9.39. The number of piperidine rings is 1. The average molecular weight is 214 g/mol. The molecule has 0 bridgehead atoms. The molecular weight excluding hydrogens is 188 g/mol. The van der Waals surface area contributed by atoms with E-state index in [1.165, 1.54) is 32.2 Å². The number of hydrogen-bond acceptors (Lipinski definition) is 3. The summed E-state index contributed by atoms with van der Waals surface area (Å²) >= 11 is 0. The van der Waals surface area contributed by atoms with Gasteiger partial charge in [0.15, 0.2) is 0 Å². The molecule has 1 atom stereocenters. The van der Waals surface area contributed by atoms with E-state index in [9.17, 15) is 0 Å². The van der Waals surface area contributed by atoms with Crippen molar-refractivity contribution in [1.29, 1.82) is 0 Å². The lowest BCUT2D eigenvalue weighted by Crippen LogP contribution is -2.46. The first-order valence-electron chi connectivity index (χ1n) is 6.41. The van der Waals surface area contributed by atoms with Crippen molar-refractivity contribution in [2.24, 2.45) is 0 Å². The lowest BCUT2D eigenvalue weighted by atomic mass is 10.0. The normalized spacial score (nSPS) is 23.2. The molecule has 1 aliphatic heterocycles. The first-order valence-corrected chi connectivity index (χ1v) is 6.41. The third kappa shape index (κ3) is 4.96. The topological polar surface area (TPSA) is 24.5 Å². The predicted octanol–water partition coefficient (Wildman–Crippen LogP) is 1.83. The minimum atomic E-state index is 0.692. The van der Waals surface area contributed by atoms with E-state index in [0.29, 0.717) is 6.04 Å². The van der Waals surface area contributed by atoms with Gasteiger partial charge >= 0.3 is 0 Å². The van der Waals surface area contributed by atoms with Crippen LogP contribution in [0.15, 0.2) is 0 Å². The van der Waals surface area contributed by atoms with Crippen molar-refractivity contribution in [1.82, 2.24) is 10.2 Å². The molecule has 3 nitrogen and oxygen atoms in total. The van der Waals surface area contributed by atoms with E-state index in [1.54, 1.807) is 0 Å². The minimum absolute atomic E-state index is 0.692. The number of rotatable bonds is 7. The quantitative estimate of drug-likeness (QED) is 0.654. The van der Waals surface area contributed by atoms with Crippen molar-refractivity contribution in [2.75, 3.05) is 33.0 Å². The van der Waals surface area contributed by atoms with E-state index in [2.05, 4.69) is 24.1 Å². The van der Waals surface area contributed by atoms with E-state index in [4.69, 9.17) is 4.74 Å². The molecule has 90 valence electrons. The summed E-state index contributed by atoms with van der Waals surface area (Å²) in [7, 11) is 0. The summed E-state index contributed by atoms with van der Waals surface area (Å²) in [6.07, 6.45) is 5.25. The second kappa shape index (κ2) is 8.08. The smallest absolute Gasteiger partial charge is 0.0992 e. The fourth-order valence-electron chi connectivity index (χ4n) is 2.12. The molecular formula is C12H26N2O. The predicted molar refractivity (Wildman–Crippen MR) is 64.0 cm³/mol. The standard InChI is InChI=1S/C12H26N2O/c1-3-8-13-10-12-7-5-6-9-14(12)11-15-4-2/h12-13H,3-11H2,1-2H3. The Balaban J connectivity index is 2.22. The van der Waals surface area contributed by atoms with Gasteiger partial charge in [0.25, 0.3) is 0 Å². The van der Waals surface area contributed by atoms with E-state index >= 15 is 0 Å². The first kappa shape index (κ1) is 12.9. The van der Waals surface area contributed by atoms with Crippen molar-refractivity contribution >= 4 is 0 Å². The van der Waals surface area contributed by atoms with Crippen LogP contribution in [-0.4, -0.2) is 43.9 Å². The molecule has 1 rings (SSSR count). The van der Waals surface area contributed by atoms with Crippen molar-refractivity contribution < 1.29 is 4.74 Å². The van der Waals surface area contributed by atoms with Crippen LogP contribution in [0.3, 0.4) is 0 Å².